The maximum Gasteiger partial charge on any atom is 0.292 e. The Bertz CT molecular complexity index is 1600. The molecule has 0 fully saturated rings. The highest BCUT2D eigenvalue weighted by Gasteiger charge is 2.26. The van der Waals surface area contributed by atoms with Crippen LogP contribution in [0.1, 0.15) is 15.2 Å². The molecule has 0 radical (unpaired) electrons. The number of hydrazone groups is 1. The molecule has 0 N–H and O–H groups in total. The number of nitro groups is 1. The Morgan fingerprint density at radius 1 is 1.09 bits per heavy atom. The summed E-state index contributed by atoms with van der Waals surface area (Å²) in [6.07, 6.45) is 1.40. The quantitative estimate of drug-likeness (QED) is 0.146. The second-order valence-corrected chi connectivity index (χ2v) is 9.50. The fraction of sp³-hybridized carbons (Fsp3) is 0. The van der Waals surface area contributed by atoms with Gasteiger partial charge in [-0.15, -0.1) is 11.3 Å². The van der Waals surface area contributed by atoms with E-state index in [2.05, 4.69) is 10.1 Å². The first-order valence-corrected chi connectivity index (χ1v) is 11.8. The molecule has 0 unspecified atom stereocenters. The number of carbonyl (C=O) groups is 1. The van der Waals surface area contributed by atoms with Crippen molar-refractivity contribution in [3.63, 3.8) is 0 Å². The minimum Gasteiger partial charge on any atom is -0.266 e. The van der Waals surface area contributed by atoms with Crippen LogP contribution in [0, 0.1) is 15.9 Å². The van der Waals surface area contributed by atoms with E-state index in [9.17, 15) is 19.3 Å². The van der Waals surface area contributed by atoms with E-state index in [0.717, 1.165) is 26.4 Å². The van der Waals surface area contributed by atoms with Crippen LogP contribution in [0.3, 0.4) is 0 Å². The number of thiophene rings is 1. The molecular formula is C23H12ClFN4O3S2. The smallest absolute Gasteiger partial charge is 0.266 e. The van der Waals surface area contributed by atoms with Crippen molar-refractivity contribution in [2.75, 3.05) is 5.01 Å². The molecule has 5 rings (SSSR count). The van der Waals surface area contributed by atoms with Gasteiger partial charge >= 0.3 is 0 Å². The fourth-order valence-corrected chi connectivity index (χ4v) is 5.60. The monoisotopic (exact) mass is 510 g/mol. The minimum absolute atomic E-state index is 0.0599. The zero-order valence-corrected chi connectivity index (χ0v) is 19.4. The highest BCUT2D eigenvalue weighted by molar-refractivity contribution is 7.23. The zero-order chi connectivity index (χ0) is 23.8. The van der Waals surface area contributed by atoms with E-state index in [1.54, 1.807) is 0 Å². The largest absolute Gasteiger partial charge is 0.292 e. The Balaban J connectivity index is 1.58. The maximum absolute atomic E-state index is 13.7. The summed E-state index contributed by atoms with van der Waals surface area (Å²) in [5.74, 6) is -0.911. The van der Waals surface area contributed by atoms with Crippen LogP contribution < -0.4 is 5.01 Å². The minimum atomic E-state index is -0.500. The van der Waals surface area contributed by atoms with Gasteiger partial charge in [0.1, 0.15) is 10.7 Å². The van der Waals surface area contributed by atoms with Gasteiger partial charge in [-0.25, -0.2) is 9.37 Å². The summed E-state index contributed by atoms with van der Waals surface area (Å²) in [6, 6.07) is 17.3. The third-order valence-corrected chi connectivity index (χ3v) is 7.53. The van der Waals surface area contributed by atoms with E-state index < -0.39 is 16.6 Å². The molecule has 0 aliphatic rings. The molecule has 168 valence electrons. The van der Waals surface area contributed by atoms with Gasteiger partial charge in [-0.1, -0.05) is 41.1 Å². The Labute approximate surface area is 204 Å². The van der Waals surface area contributed by atoms with Crippen molar-refractivity contribution in [3.8, 4) is 0 Å². The molecule has 2 heterocycles. The number of benzene rings is 3. The first-order valence-electron chi connectivity index (χ1n) is 9.77. The van der Waals surface area contributed by atoms with Crippen LogP contribution >= 0.6 is 34.3 Å². The molecular weight excluding hydrogens is 499 g/mol. The normalized spacial score (nSPS) is 11.5. The van der Waals surface area contributed by atoms with Crippen LogP contribution in [0.15, 0.2) is 71.8 Å². The summed E-state index contributed by atoms with van der Waals surface area (Å²) < 4.78 is 15.1. The van der Waals surface area contributed by atoms with E-state index >= 15 is 0 Å². The standard InChI is InChI=1S/C23H12ClFN4O3S2/c24-20-16-3-1-2-4-18(16)33-21(20)22(30)28(23-27-17-10-7-14(25)11-19(17)34-23)26-12-13-5-8-15(9-6-13)29(31)32/h1-12H/b26-12+. The van der Waals surface area contributed by atoms with Crippen molar-refractivity contribution >= 4 is 77.5 Å². The average molecular weight is 511 g/mol. The molecule has 0 saturated carbocycles. The second-order valence-electron chi connectivity index (χ2n) is 7.06. The van der Waals surface area contributed by atoms with Gasteiger partial charge < -0.3 is 0 Å². The Morgan fingerprint density at radius 3 is 2.59 bits per heavy atom. The van der Waals surface area contributed by atoms with Crippen LogP contribution in [0.2, 0.25) is 5.02 Å². The molecule has 7 nitrogen and oxygen atoms in total. The van der Waals surface area contributed by atoms with E-state index in [1.807, 2.05) is 24.3 Å². The molecule has 2 aromatic heterocycles. The fourth-order valence-electron chi connectivity index (χ4n) is 3.22. The van der Waals surface area contributed by atoms with Crippen molar-refractivity contribution < 1.29 is 14.1 Å². The first-order chi connectivity index (χ1) is 16.4. The predicted molar refractivity (Wildman–Crippen MR) is 134 cm³/mol. The highest BCUT2D eigenvalue weighted by Crippen LogP contribution is 2.38. The zero-order valence-electron chi connectivity index (χ0n) is 17.0. The topological polar surface area (TPSA) is 88.7 Å². The third-order valence-electron chi connectivity index (χ3n) is 4.87. The Hall–Kier alpha value is -3.73. The van der Waals surface area contributed by atoms with Gasteiger partial charge in [-0.2, -0.15) is 10.1 Å². The van der Waals surface area contributed by atoms with E-state index in [1.165, 1.54) is 60.0 Å². The van der Waals surface area contributed by atoms with E-state index in [-0.39, 0.29) is 15.7 Å². The molecule has 1 amide bonds. The van der Waals surface area contributed by atoms with Gasteiger partial charge in [0.05, 0.1) is 26.4 Å². The SMILES string of the molecule is O=C(c1sc2ccccc2c1Cl)N(/N=C/c1ccc([N+](=O)[O-])cc1)c1nc2ccc(F)cc2s1. The van der Waals surface area contributed by atoms with Crippen molar-refractivity contribution in [2.45, 2.75) is 0 Å². The number of nitro benzene ring substituents is 1. The molecule has 11 heteroatoms. The molecule has 0 saturated heterocycles. The molecule has 0 atom stereocenters. The highest BCUT2D eigenvalue weighted by atomic mass is 35.5. The lowest BCUT2D eigenvalue weighted by atomic mass is 10.2. The van der Waals surface area contributed by atoms with Gasteiger partial charge in [0, 0.05) is 22.2 Å². The maximum atomic E-state index is 13.7. The number of fused-ring (bicyclic) bond motifs is 2. The van der Waals surface area contributed by atoms with Crippen LogP contribution in [0.5, 0.6) is 0 Å². The van der Waals surface area contributed by atoms with Crippen molar-refractivity contribution in [1.29, 1.82) is 0 Å². The van der Waals surface area contributed by atoms with Crippen LogP contribution in [0.25, 0.3) is 20.3 Å². The number of halogens is 2. The van der Waals surface area contributed by atoms with Gasteiger partial charge in [0.15, 0.2) is 0 Å². The van der Waals surface area contributed by atoms with Gasteiger partial charge in [0.2, 0.25) is 5.13 Å². The third kappa shape index (κ3) is 4.14. The summed E-state index contributed by atoms with van der Waals surface area (Å²) in [5, 5.41) is 17.6. The summed E-state index contributed by atoms with van der Waals surface area (Å²) in [4.78, 5) is 28.7. The number of carbonyl (C=O) groups excluding carboxylic acids is 1. The van der Waals surface area contributed by atoms with E-state index in [4.69, 9.17) is 11.6 Å². The summed E-state index contributed by atoms with van der Waals surface area (Å²) in [6.45, 7) is 0. The summed E-state index contributed by atoms with van der Waals surface area (Å²) in [5.41, 5.74) is 1.00. The average Bonchev–Trinajstić information content (AvgIpc) is 3.40. The van der Waals surface area contributed by atoms with Gasteiger partial charge in [-0.05, 0) is 42.0 Å². The number of rotatable bonds is 5. The number of nitrogens with zero attached hydrogens (tertiary/aromatic N) is 4. The van der Waals surface area contributed by atoms with Crippen LogP contribution in [0.4, 0.5) is 15.2 Å². The second kappa shape index (κ2) is 8.90. The molecule has 34 heavy (non-hydrogen) atoms. The number of hydrogen-bond acceptors (Lipinski definition) is 7. The molecule has 0 aliphatic heterocycles. The van der Waals surface area contributed by atoms with Gasteiger partial charge in [-0.3, -0.25) is 14.9 Å². The Morgan fingerprint density at radius 2 is 1.85 bits per heavy atom. The number of anilines is 1. The first kappa shape index (κ1) is 22.1. The summed E-state index contributed by atoms with van der Waals surface area (Å²) >= 11 is 8.87. The lowest BCUT2D eigenvalue weighted by Gasteiger charge is -2.13. The number of non-ortho nitro benzene ring substituents is 1. The van der Waals surface area contributed by atoms with Crippen molar-refractivity contribution in [3.05, 3.63) is 98.1 Å². The number of hydrogen-bond donors (Lipinski definition) is 0. The summed E-state index contributed by atoms with van der Waals surface area (Å²) in [7, 11) is 0. The van der Waals surface area contributed by atoms with E-state index in [0.29, 0.717) is 20.8 Å². The molecule has 0 spiro atoms. The Kier molecular flexibility index (Phi) is 5.78. The number of amides is 1. The van der Waals surface area contributed by atoms with Crippen LogP contribution in [-0.2, 0) is 0 Å². The lowest BCUT2D eigenvalue weighted by Crippen LogP contribution is -2.25. The molecule has 0 aliphatic carbocycles. The van der Waals surface area contributed by atoms with Crippen molar-refractivity contribution in [1.82, 2.24) is 4.98 Å². The van der Waals surface area contributed by atoms with Crippen LogP contribution in [-0.4, -0.2) is 22.0 Å². The predicted octanol–water partition coefficient (Wildman–Crippen LogP) is 6.89. The number of aromatic nitrogens is 1. The molecule has 3 aromatic carbocycles. The lowest BCUT2D eigenvalue weighted by molar-refractivity contribution is -0.384. The number of thiazole rings is 1. The van der Waals surface area contributed by atoms with Crippen molar-refractivity contribution in [2.24, 2.45) is 5.10 Å². The van der Waals surface area contributed by atoms with Gasteiger partial charge in [0.25, 0.3) is 11.6 Å². The molecule has 0 bridgehead atoms. The molecule has 5 aromatic rings.